The van der Waals surface area contributed by atoms with Crippen LogP contribution >= 0.6 is 11.3 Å². The van der Waals surface area contributed by atoms with Gasteiger partial charge in [-0.2, -0.15) is 5.10 Å². The van der Waals surface area contributed by atoms with Crippen molar-refractivity contribution in [1.29, 1.82) is 0 Å². The third kappa shape index (κ3) is 2.26. The second kappa shape index (κ2) is 5.89. The highest BCUT2D eigenvalue weighted by molar-refractivity contribution is 7.13. The zero-order valence-corrected chi connectivity index (χ0v) is 14.2. The average Bonchev–Trinajstić information content (AvgIpc) is 3.24. The summed E-state index contributed by atoms with van der Waals surface area (Å²) >= 11 is 1.70. The summed E-state index contributed by atoms with van der Waals surface area (Å²) in [4.78, 5) is 14.1. The van der Waals surface area contributed by atoms with Crippen LogP contribution in [0.5, 0.6) is 0 Å². The lowest BCUT2D eigenvalue weighted by molar-refractivity contribution is 0.654. The highest BCUT2D eigenvalue weighted by Crippen LogP contribution is 2.30. The fourth-order valence-electron chi connectivity index (χ4n) is 3.16. The number of rotatable bonds is 4. The molecule has 3 heterocycles. The molecule has 6 heteroatoms. The van der Waals surface area contributed by atoms with Crippen molar-refractivity contribution in [2.75, 3.05) is 6.54 Å². The van der Waals surface area contributed by atoms with Crippen molar-refractivity contribution >= 4 is 33.1 Å². The van der Waals surface area contributed by atoms with E-state index in [1.54, 1.807) is 11.3 Å². The van der Waals surface area contributed by atoms with Gasteiger partial charge in [-0.25, -0.2) is 0 Å². The first-order valence-corrected chi connectivity index (χ1v) is 8.84. The van der Waals surface area contributed by atoms with Gasteiger partial charge in [-0.3, -0.25) is 9.89 Å². The molecule has 3 aromatic heterocycles. The van der Waals surface area contributed by atoms with Crippen LogP contribution in [-0.4, -0.2) is 21.3 Å². The maximum Gasteiger partial charge on any atom is 0.262 e. The van der Waals surface area contributed by atoms with Crippen molar-refractivity contribution in [3.05, 3.63) is 51.8 Å². The number of pyridine rings is 1. The third-order valence-corrected chi connectivity index (χ3v) is 5.26. The van der Waals surface area contributed by atoms with E-state index in [1.165, 1.54) is 4.88 Å². The molecular formula is C18H18N4OS. The molecule has 5 nitrogen and oxygen atoms in total. The highest BCUT2D eigenvalue weighted by Gasteiger charge is 2.16. The Morgan fingerprint density at radius 3 is 2.96 bits per heavy atom. The van der Waals surface area contributed by atoms with E-state index in [1.807, 2.05) is 23.6 Å². The number of nitrogens with two attached hydrogens (primary N) is 1. The lowest BCUT2D eigenvalue weighted by Gasteiger charge is -2.12. The van der Waals surface area contributed by atoms with Crippen LogP contribution < -0.4 is 11.3 Å². The van der Waals surface area contributed by atoms with Gasteiger partial charge in [0.1, 0.15) is 5.52 Å². The number of aromatic amines is 1. The lowest BCUT2D eigenvalue weighted by Crippen LogP contribution is -2.22. The normalized spacial score (nSPS) is 11.6. The molecule has 4 aromatic rings. The number of thiophene rings is 1. The maximum atomic E-state index is 12.9. The fraction of sp³-hybridized carbons (Fsp3) is 0.222. The average molecular weight is 338 g/mol. The highest BCUT2D eigenvalue weighted by atomic mass is 32.1. The van der Waals surface area contributed by atoms with E-state index < -0.39 is 0 Å². The Kier molecular flexibility index (Phi) is 3.70. The fourth-order valence-corrected chi connectivity index (χ4v) is 3.88. The molecule has 0 atom stereocenters. The Hall–Kier alpha value is -2.44. The largest absolute Gasteiger partial charge is 0.330 e. The van der Waals surface area contributed by atoms with Crippen LogP contribution in [0.15, 0.2) is 40.5 Å². The van der Waals surface area contributed by atoms with E-state index in [2.05, 4.69) is 33.8 Å². The van der Waals surface area contributed by atoms with Gasteiger partial charge in [-0.05, 0) is 49.0 Å². The summed E-state index contributed by atoms with van der Waals surface area (Å²) in [6.07, 6.45) is 0.768. The minimum Gasteiger partial charge on any atom is -0.330 e. The molecule has 1 aromatic carbocycles. The minimum absolute atomic E-state index is 0.000994. The van der Waals surface area contributed by atoms with E-state index in [9.17, 15) is 4.79 Å². The monoisotopic (exact) mass is 338 g/mol. The summed E-state index contributed by atoms with van der Waals surface area (Å²) in [7, 11) is 0. The Balaban J connectivity index is 2.08. The molecule has 24 heavy (non-hydrogen) atoms. The summed E-state index contributed by atoms with van der Waals surface area (Å²) in [6, 6.07) is 10.4. The molecule has 0 aliphatic rings. The molecule has 0 aliphatic carbocycles. The summed E-state index contributed by atoms with van der Waals surface area (Å²) in [5.41, 5.74) is 9.25. The molecule has 0 aliphatic heterocycles. The van der Waals surface area contributed by atoms with E-state index in [0.29, 0.717) is 18.5 Å². The number of hydrogen-bond acceptors (Lipinski definition) is 4. The van der Waals surface area contributed by atoms with Crippen molar-refractivity contribution in [1.82, 2.24) is 14.8 Å². The number of H-pyrrole nitrogens is 1. The zero-order chi connectivity index (χ0) is 16.7. The number of aryl methyl sites for hydroxylation is 2. The van der Waals surface area contributed by atoms with Gasteiger partial charge in [0, 0.05) is 22.5 Å². The summed E-state index contributed by atoms with van der Waals surface area (Å²) in [5, 5.41) is 11.1. The Labute approximate surface area is 142 Å². The van der Waals surface area contributed by atoms with Crippen LogP contribution in [0.25, 0.3) is 32.2 Å². The minimum atomic E-state index is 0.000994. The SMILES string of the molecule is Cc1[nH]nc2c1c(=O)n(CCCN)c1ccc(-c3cccs3)cc21. The van der Waals surface area contributed by atoms with Crippen LogP contribution in [0.4, 0.5) is 0 Å². The first-order chi connectivity index (χ1) is 11.7. The molecule has 0 amide bonds. The van der Waals surface area contributed by atoms with Crippen molar-refractivity contribution in [2.45, 2.75) is 19.9 Å². The topological polar surface area (TPSA) is 76.7 Å². The number of nitrogens with zero attached hydrogens (tertiary/aromatic N) is 2. The molecule has 0 radical (unpaired) electrons. The molecule has 3 N–H and O–H groups in total. The Morgan fingerprint density at radius 2 is 2.21 bits per heavy atom. The molecule has 0 fully saturated rings. The molecule has 4 rings (SSSR count). The number of benzene rings is 1. The Bertz CT molecular complexity index is 1080. The van der Waals surface area contributed by atoms with Gasteiger partial charge in [0.05, 0.1) is 10.9 Å². The molecule has 0 saturated carbocycles. The van der Waals surface area contributed by atoms with Crippen LogP contribution in [0.3, 0.4) is 0 Å². The van der Waals surface area contributed by atoms with Crippen LogP contribution in [-0.2, 0) is 6.54 Å². The standard InChI is InChI=1S/C18H18N4OS/c1-11-16-17(21-20-11)13-10-12(15-4-2-9-24-15)5-6-14(13)22(18(16)23)8-3-7-19/h2,4-6,9-10H,3,7-8,19H2,1H3,(H,20,21). The van der Waals surface area contributed by atoms with Gasteiger partial charge in [0.15, 0.2) is 0 Å². The second-order valence-corrected chi connectivity index (χ2v) is 6.83. The molecule has 0 spiro atoms. The number of nitrogens with one attached hydrogen (secondary N) is 1. The molecule has 0 saturated heterocycles. The van der Waals surface area contributed by atoms with Crippen molar-refractivity contribution in [3.8, 4) is 10.4 Å². The number of hydrogen-bond donors (Lipinski definition) is 2. The van der Waals surface area contributed by atoms with Gasteiger partial charge in [-0.15, -0.1) is 11.3 Å². The van der Waals surface area contributed by atoms with E-state index in [-0.39, 0.29) is 5.56 Å². The molecule has 122 valence electrons. The molecular weight excluding hydrogens is 320 g/mol. The van der Waals surface area contributed by atoms with E-state index in [0.717, 1.165) is 34.1 Å². The zero-order valence-electron chi connectivity index (χ0n) is 13.4. The smallest absolute Gasteiger partial charge is 0.262 e. The van der Waals surface area contributed by atoms with Crippen molar-refractivity contribution in [3.63, 3.8) is 0 Å². The van der Waals surface area contributed by atoms with E-state index in [4.69, 9.17) is 5.73 Å². The molecule has 0 bridgehead atoms. The maximum absolute atomic E-state index is 12.9. The lowest BCUT2D eigenvalue weighted by atomic mass is 10.1. The molecule has 0 unspecified atom stereocenters. The van der Waals surface area contributed by atoms with Gasteiger partial charge < -0.3 is 10.3 Å². The van der Waals surface area contributed by atoms with Gasteiger partial charge in [0.2, 0.25) is 0 Å². The van der Waals surface area contributed by atoms with Crippen molar-refractivity contribution in [2.24, 2.45) is 5.73 Å². The number of fused-ring (bicyclic) bond motifs is 3. The van der Waals surface area contributed by atoms with Crippen LogP contribution in [0.1, 0.15) is 12.1 Å². The first kappa shape index (κ1) is 15.1. The van der Waals surface area contributed by atoms with E-state index >= 15 is 0 Å². The van der Waals surface area contributed by atoms with Crippen LogP contribution in [0, 0.1) is 6.92 Å². The quantitative estimate of drug-likeness (QED) is 0.599. The van der Waals surface area contributed by atoms with Gasteiger partial charge in [-0.1, -0.05) is 12.1 Å². The number of aromatic nitrogens is 3. The van der Waals surface area contributed by atoms with Gasteiger partial charge in [0.25, 0.3) is 5.56 Å². The summed E-state index contributed by atoms with van der Waals surface area (Å²) < 4.78 is 1.82. The first-order valence-electron chi connectivity index (χ1n) is 7.96. The van der Waals surface area contributed by atoms with Crippen LogP contribution in [0.2, 0.25) is 0 Å². The summed E-state index contributed by atoms with van der Waals surface area (Å²) in [5.74, 6) is 0. The Morgan fingerprint density at radius 1 is 1.33 bits per heavy atom. The predicted molar refractivity (Wildman–Crippen MR) is 99.6 cm³/mol. The second-order valence-electron chi connectivity index (χ2n) is 5.88. The third-order valence-electron chi connectivity index (χ3n) is 4.34. The van der Waals surface area contributed by atoms with Gasteiger partial charge >= 0.3 is 0 Å². The summed E-state index contributed by atoms with van der Waals surface area (Å²) in [6.45, 7) is 3.06. The van der Waals surface area contributed by atoms with Crippen molar-refractivity contribution < 1.29 is 0 Å². The predicted octanol–water partition coefficient (Wildman–Crippen LogP) is 3.26.